The molecule has 0 heterocycles. The molecule has 1 aliphatic carbocycles. The quantitative estimate of drug-likeness (QED) is 0.396. The highest BCUT2D eigenvalue weighted by Gasteiger charge is 2.26. The third-order valence-corrected chi connectivity index (χ3v) is 6.22. The zero-order valence-electron chi connectivity index (χ0n) is 15.7. The van der Waals surface area contributed by atoms with Crippen molar-refractivity contribution in [2.75, 3.05) is 0 Å². The van der Waals surface area contributed by atoms with Crippen LogP contribution in [0.4, 0.5) is 4.39 Å². The van der Waals surface area contributed by atoms with Crippen molar-refractivity contribution >= 4 is 34.2 Å². The van der Waals surface area contributed by atoms with Gasteiger partial charge in [0.1, 0.15) is 17.4 Å². The molecular weight excluding hydrogens is 442 g/mol. The van der Waals surface area contributed by atoms with Gasteiger partial charge in [0.2, 0.25) is 0 Å². The third kappa shape index (κ3) is 5.22. The number of aryl methyl sites for hydroxylation is 1. The molecule has 0 bridgehead atoms. The number of hydrogen-bond donors (Lipinski definition) is 0. The molecule has 0 saturated heterocycles. The zero-order valence-corrected chi connectivity index (χ0v) is 17.8. The van der Waals surface area contributed by atoms with E-state index >= 15 is 0 Å². The van der Waals surface area contributed by atoms with Gasteiger partial charge in [-0.25, -0.2) is 4.39 Å². The number of halogens is 2. The van der Waals surface area contributed by atoms with Crippen LogP contribution in [0.25, 0.3) is 0 Å². The summed E-state index contributed by atoms with van der Waals surface area (Å²) < 4.78 is 14.1. The van der Waals surface area contributed by atoms with Crippen LogP contribution >= 0.6 is 22.6 Å². The van der Waals surface area contributed by atoms with Crippen molar-refractivity contribution in [2.45, 2.75) is 52.9 Å². The first kappa shape index (κ1) is 20.7. The predicted octanol–water partition coefficient (Wildman–Crippen LogP) is 5.76. The van der Waals surface area contributed by atoms with Crippen LogP contribution in [-0.2, 0) is 9.59 Å². The van der Waals surface area contributed by atoms with E-state index in [2.05, 4.69) is 56.4 Å². The molecular formula is C22H24FIO2. The second-order valence-corrected chi connectivity index (χ2v) is 8.12. The molecule has 0 spiro atoms. The molecule has 2 aromatic carbocycles. The Bertz CT molecular complexity index is 783. The van der Waals surface area contributed by atoms with Crippen LogP contribution in [0.3, 0.4) is 0 Å². The first-order chi connectivity index (χ1) is 12.2. The molecule has 0 aliphatic heterocycles. The summed E-state index contributed by atoms with van der Waals surface area (Å²) in [6.45, 7) is 8.74. The predicted molar refractivity (Wildman–Crippen MR) is 111 cm³/mol. The Balaban J connectivity index is 0.000000197. The second kappa shape index (κ2) is 8.89. The van der Waals surface area contributed by atoms with Gasteiger partial charge >= 0.3 is 0 Å². The number of ketones is 2. The van der Waals surface area contributed by atoms with Gasteiger partial charge in [0.05, 0.1) is 6.42 Å². The molecule has 1 aliphatic rings. The van der Waals surface area contributed by atoms with Gasteiger partial charge in [-0.05, 0) is 102 Å². The largest absolute Gasteiger partial charge is 0.299 e. The molecule has 4 heteroatoms. The van der Waals surface area contributed by atoms with Crippen molar-refractivity contribution in [1.82, 2.24) is 0 Å². The molecule has 0 N–H and O–H groups in total. The van der Waals surface area contributed by atoms with Gasteiger partial charge in [-0.1, -0.05) is 12.1 Å². The van der Waals surface area contributed by atoms with Crippen LogP contribution in [-0.4, -0.2) is 11.6 Å². The minimum absolute atomic E-state index is 0.0134. The molecule has 138 valence electrons. The maximum absolute atomic E-state index is 12.7. The summed E-state index contributed by atoms with van der Waals surface area (Å²) in [5.74, 6) is -0.382. The Morgan fingerprint density at radius 2 is 1.42 bits per heavy atom. The van der Waals surface area contributed by atoms with E-state index in [-0.39, 0.29) is 29.7 Å². The highest BCUT2D eigenvalue weighted by atomic mass is 127. The van der Waals surface area contributed by atoms with Gasteiger partial charge < -0.3 is 0 Å². The molecule has 0 unspecified atom stereocenters. The van der Waals surface area contributed by atoms with Gasteiger partial charge in [-0.2, -0.15) is 0 Å². The Labute approximate surface area is 168 Å². The molecule has 0 atom stereocenters. The van der Waals surface area contributed by atoms with Crippen LogP contribution < -0.4 is 0 Å². The van der Waals surface area contributed by atoms with E-state index in [1.54, 1.807) is 12.1 Å². The lowest BCUT2D eigenvalue weighted by atomic mass is 9.83. The second-order valence-electron chi connectivity index (χ2n) is 6.96. The Hall–Kier alpha value is -1.56. The van der Waals surface area contributed by atoms with Crippen LogP contribution in [0.5, 0.6) is 0 Å². The number of rotatable bonds is 1. The summed E-state index contributed by atoms with van der Waals surface area (Å²) >= 11 is 2.39. The topological polar surface area (TPSA) is 34.1 Å². The van der Waals surface area contributed by atoms with E-state index in [4.69, 9.17) is 0 Å². The summed E-state index contributed by atoms with van der Waals surface area (Å²) in [5.41, 5.74) is 6.57. The van der Waals surface area contributed by atoms with Crippen molar-refractivity contribution in [3.05, 3.63) is 67.5 Å². The molecule has 2 nitrogen and oxygen atoms in total. The van der Waals surface area contributed by atoms with E-state index in [1.165, 1.54) is 38.0 Å². The number of hydrogen-bond acceptors (Lipinski definition) is 2. The van der Waals surface area contributed by atoms with Crippen molar-refractivity contribution < 1.29 is 14.0 Å². The fourth-order valence-corrected chi connectivity index (χ4v) is 3.99. The van der Waals surface area contributed by atoms with Crippen molar-refractivity contribution in [3.8, 4) is 0 Å². The summed E-state index contributed by atoms with van der Waals surface area (Å²) in [7, 11) is 0. The standard InChI is InChI=1S/C12H11FO2.C10H13I/c13-10-3-1-8(2-4-10)9-5-11(14)7-12(15)6-9;1-6-5-10(11)9(4)8(3)7(6)2/h1-4,9H,5-7H2;5H,1-4H3. The van der Waals surface area contributed by atoms with Crippen LogP contribution in [0.15, 0.2) is 30.3 Å². The van der Waals surface area contributed by atoms with Gasteiger partial charge in [-0.15, -0.1) is 0 Å². The lowest BCUT2D eigenvalue weighted by Crippen LogP contribution is -2.21. The van der Waals surface area contributed by atoms with Crippen molar-refractivity contribution in [3.63, 3.8) is 0 Å². The lowest BCUT2D eigenvalue weighted by molar-refractivity contribution is -0.130. The average Bonchev–Trinajstić information content (AvgIpc) is 2.58. The molecule has 1 fully saturated rings. The molecule has 0 aromatic heterocycles. The van der Waals surface area contributed by atoms with E-state index < -0.39 is 0 Å². The van der Waals surface area contributed by atoms with E-state index in [0.29, 0.717) is 12.8 Å². The minimum atomic E-state index is -0.299. The summed E-state index contributed by atoms with van der Waals surface area (Å²) in [6, 6.07) is 8.26. The minimum Gasteiger partial charge on any atom is -0.299 e. The number of carbonyl (C=O) groups excluding carboxylic acids is 2. The van der Waals surface area contributed by atoms with Crippen molar-refractivity contribution in [2.24, 2.45) is 0 Å². The third-order valence-electron chi connectivity index (χ3n) is 5.10. The maximum Gasteiger partial charge on any atom is 0.140 e. The SMILES string of the molecule is Cc1cc(I)c(C)c(C)c1C.O=C1CC(=O)CC(c2ccc(F)cc2)C1. The zero-order chi connectivity index (χ0) is 19.4. The molecule has 0 amide bonds. The summed E-state index contributed by atoms with van der Waals surface area (Å²) in [4.78, 5) is 22.5. The first-order valence-corrected chi connectivity index (χ1v) is 9.78. The average molecular weight is 466 g/mol. The molecule has 3 rings (SSSR count). The first-order valence-electron chi connectivity index (χ1n) is 8.70. The molecule has 0 radical (unpaired) electrons. The summed E-state index contributed by atoms with van der Waals surface area (Å²) in [6.07, 6.45) is 0.867. The number of benzene rings is 2. The normalized spacial score (nSPS) is 14.8. The monoisotopic (exact) mass is 466 g/mol. The van der Waals surface area contributed by atoms with Gasteiger partial charge in [-0.3, -0.25) is 9.59 Å². The van der Waals surface area contributed by atoms with Crippen LogP contribution in [0, 0.1) is 37.1 Å². The van der Waals surface area contributed by atoms with E-state index in [9.17, 15) is 14.0 Å². The molecule has 1 saturated carbocycles. The van der Waals surface area contributed by atoms with Crippen LogP contribution in [0.2, 0.25) is 0 Å². The van der Waals surface area contributed by atoms with Crippen LogP contribution in [0.1, 0.15) is 53.0 Å². The number of carbonyl (C=O) groups is 2. The van der Waals surface area contributed by atoms with Gasteiger partial charge in [0, 0.05) is 16.4 Å². The Morgan fingerprint density at radius 3 is 1.96 bits per heavy atom. The smallest absolute Gasteiger partial charge is 0.140 e. The Morgan fingerprint density at radius 1 is 0.885 bits per heavy atom. The van der Waals surface area contributed by atoms with Gasteiger partial charge in [0.25, 0.3) is 0 Å². The highest BCUT2D eigenvalue weighted by molar-refractivity contribution is 14.1. The lowest BCUT2D eigenvalue weighted by Gasteiger charge is -2.20. The number of Topliss-reactive ketones (excluding diaryl/α,β-unsaturated/α-hetero) is 2. The molecule has 2 aromatic rings. The van der Waals surface area contributed by atoms with Gasteiger partial charge in [0.15, 0.2) is 0 Å². The van der Waals surface area contributed by atoms with Crippen molar-refractivity contribution in [1.29, 1.82) is 0 Å². The Kier molecular flexibility index (Phi) is 7.09. The maximum atomic E-state index is 12.7. The summed E-state index contributed by atoms with van der Waals surface area (Å²) in [5, 5.41) is 0. The van der Waals surface area contributed by atoms with E-state index in [0.717, 1.165) is 5.56 Å². The fourth-order valence-electron chi connectivity index (χ4n) is 3.12. The fraction of sp³-hybridized carbons (Fsp3) is 0.364. The highest BCUT2D eigenvalue weighted by Crippen LogP contribution is 2.29. The van der Waals surface area contributed by atoms with E-state index in [1.807, 2.05) is 0 Å². The molecule has 26 heavy (non-hydrogen) atoms.